The maximum absolute atomic E-state index is 13.1. The second-order valence-corrected chi connectivity index (χ2v) is 8.38. The van der Waals surface area contributed by atoms with Crippen molar-refractivity contribution in [2.24, 2.45) is 5.10 Å². The molecule has 1 aromatic carbocycles. The Bertz CT molecular complexity index is 1110. The number of rotatable bonds is 6. The summed E-state index contributed by atoms with van der Waals surface area (Å²) < 4.78 is 83.9. The normalized spacial score (nSPS) is 19.4. The average Bonchev–Trinajstić information content (AvgIpc) is 3.23. The average molecular weight is 517 g/mol. The second kappa shape index (κ2) is 9.82. The van der Waals surface area contributed by atoms with Gasteiger partial charge in [-0.05, 0) is 30.3 Å². The topological polar surface area (TPSA) is 91.1 Å². The van der Waals surface area contributed by atoms with Crippen LogP contribution in [0.15, 0.2) is 41.6 Å². The number of ether oxygens (including phenoxy) is 1. The Balaban J connectivity index is 1.37. The number of alkyl halides is 6. The van der Waals surface area contributed by atoms with Crippen molar-refractivity contribution in [3.8, 4) is 5.75 Å². The van der Waals surface area contributed by atoms with Gasteiger partial charge in [-0.2, -0.15) is 31.4 Å². The minimum absolute atomic E-state index is 0.00654. The Morgan fingerprint density at radius 1 is 1.03 bits per heavy atom. The molecule has 1 saturated heterocycles. The Morgan fingerprint density at radius 2 is 1.69 bits per heavy atom. The lowest BCUT2D eigenvalue weighted by molar-refractivity contribution is -0.141. The molecule has 36 heavy (non-hydrogen) atoms. The minimum Gasteiger partial charge on any atom is -0.490 e. The van der Waals surface area contributed by atoms with Crippen molar-refractivity contribution in [2.75, 3.05) is 23.0 Å². The quantitative estimate of drug-likeness (QED) is 0.564. The number of benzene rings is 1. The largest absolute Gasteiger partial charge is 0.490 e. The third kappa shape index (κ3) is 5.97. The standard InChI is InChI=1S/C22H21F6N5O3/c23-21(24,25)17-5-8-29-20(30-17)32-9-6-16(7-10-32)36-15-3-1-13(2-4-15)33-14(12-19(34)35)11-18(31-33)22(26,27)28/h1-5,8,14,16H,6-7,9-12H2,(H,34,35)/t14-/m1/s1. The van der Waals surface area contributed by atoms with E-state index >= 15 is 0 Å². The van der Waals surface area contributed by atoms with Gasteiger partial charge in [-0.3, -0.25) is 9.80 Å². The van der Waals surface area contributed by atoms with E-state index in [2.05, 4.69) is 15.1 Å². The number of hydrazone groups is 1. The summed E-state index contributed by atoms with van der Waals surface area (Å²) in [6, 6.07) is 5.95. The fourth-order valence-corrected chi connectivity index (χ4v) is 4.07. The second-order valence-electron chi connectivity index (χ2n) is 8.38. The summed E-state index contributed by atoms with van der Waals surface area (Å²) >= 11 is 0. The van der Waals surface area contributed by atoms with E-state index in [4.69, 9.17) is 9.84 Å². The summed E-state index contributed by atoms with van der Waals surface area (Å²) in [5, 5.41) is 13.7. The van der Waals surface area contributed by atoms with Crippen molar-refractivity contribution >= 4 is 23.3 Å². The highest BCUT2D eigenvalue weighted by molar-refractivity contribution is 5.94. The molecule has 14 heteroatoms. The van der Waals surface area contributed by atoms with E-state index in [9.17, 15) is 31.1 Å². The molecule has 4 rings (SSSR count). The van der Waals surface area contributed by atoms with Crippen molar-refractivity contribution in [3.63, 3.8) is 0 Å². The van der Waals surface area contributed by atoms with E-state index in [1.165, 1.54) is 12.1 Å². The van der Waals surface area contributed by atoms with Crippen molar-refractivity contribution in [2.45, 2.75) is 50.2 Å². The Morgan fingerprint density at radius 3 is 2.28 bits per heavy atom. The minimum atomic E-state index is -4.65. The fourth-order valence-electron chi connectivity index (χ4n) is 4.07. The van der Waals surface area contributed by atoms with Gasteiger partial charge in [-0.25, -0.2) is 9.97 Å². The van der Waals surface area contributed by atoms with Crippen LogP contribution in [0.25, 0.3) is 0 Å². The number of halogens is 6. The highest BCUT2D eigenvalue weighted by Crippen LogP contribution is 2.34. The molecule has 2 aliphatic heterocycles. The van der Waals surface area contributed by atoms with Crippen molar-refractivity contribution in [3.05, 3.63) is 42.2 Å². The number of nitrogens with zero attached hydrogens (tertiary/aromatic N) is 5. The van der Waals surface area contributed by atoms with Crippen LogP contribution in [-0.4, -0.2) is 58.2 Å². The van der Waals surface area contributed by atoms with E-state index < -0.39 is 48.6 Å². The van der Waals surface area contributed by atoms with Crippen LogP contribution >= 0.6 is 0 Å². The van der Waals surface area contributed by atoms with E-state index in [1.54, 1.807) is 17.0 Å². The number of anilines is 2. The van der Waals surface area contributed by atoms with Crippen molar-refractivity contribution in [1.82, 2.24) is 9.97 Å². The van der Waals surface area contributed by atoms with Crippen LogP contribution in [0.1, 0.15) is 31.4 Å². The highest BCUT2D eigenvalue weighted by Gasteiger charge is 2.43. The maximum atomic E-state index is 13.1. The first-order chi connectivity index (χ1) is 16.9. The predicted octanol–water partition coefficient (Wildman–Crippen LogP) is 4.51. The van der Waals surface area contributed by atoms with Gasteiger partial charge in [-0.1, -0.05) is 0 Å². The molecular formula is C22H21F6N5O3. The number of carboxylic acids is 1. The summed E-state index contributed by atoms with van der Waals surface area (Å²) in [6.07, 6.45) is -8.42. The van der Waals surface area contributed by atoms with Gasteiger partial charge >= 0.3 is 18.3 Å². The zero-order chi connectivity index (χ0) is 26.1. The van der Waals surface area contributed by atoms with Crippen LogP contribution in [0.5, 0.6) is 5.75 Å². The first-order valence-corrected chi connectivity index (χ1v) is 11.0. The molecule has 1 N–H and O–H groups in total. The number of aromatic nitrogens is 2. The van der Waals surface area contributed by atoms with E-state index in [0.717, 1.165) is 17.3 Å². The summed E-state index contributed by atoms with van der Waals surface area (Å²) in [7, 11) is 0. The van der Waals surface area contributed by atoms with E-state index in [0.29, 0.717) is 37.4 Å². The molecule has 8 nitrogen and oxygen atoms in total. The van der Waals surface area contributed by atoms with E-state index in [-0.39, 0.29) is 12.1 Å². The zero-order valence-corrected chi connectivity index (χ0v) is 18.6. The number of piperidine rings is 1. The molecule has 0 aliphatic carbocycles. The van der Waals surface area contributed by atoms with Crippen LogP contribution in [0.3, 0.4) is 0 Å². The maximum Gasteiger partial charge on any atom is 0.433 e. The SMILES string of the molecule is O=C(O)C[C@H]1CC(C(F)(F)F)=NN1c1ccc(OC2CCN(c3nccc(C(F)(F)F)n3)CC2)cc1. The van der Waals surface area contributed by atoms with Crippen molar-refractivity contribution < 1.29 is 41.0 Å². The van der Waals surface area contributed by atoms with Gasteiger partial charge in [0.25, 0.3) is 0 Å². The van der Waals surface area contributed by atoms with Gasteiger partial charge in [-0.15, -0.1) is 0 Å². The smallest absolute Gasteiger partial charge is 0.433 e. The van der Waals surface area contributed by atoms with Gasteiger partial charge in [0.2, 0.25) is 5.95 Å². The molecule has 0 bridgehead atoms. The van der Waals surface area contributed by atoms with Crippen LogP contribution in [-0.2, 0) is 11.0 Å². The van der Waals surface area contributed by atoms with Crippen LogP contribution in [0.4, 0.5) is 38.0 Å². The van der Waals surface area contributed by atoms with Gasteiger partial charge < -0.3 is 14.7 Å². The number of carboxylic acid groups (broad SMARTS) is 1. The molecule has 0 saturated carbocycles. The third-order valence-corrected chi connectivity index (χ3v) is 5.80. The Hall–Kier alpha value is -3.58. The van der Waals surface area contributed by atoms with Crippen LogP contribution < -0.4 is 14.6 Å². The lowest BCUT2D eigenvalue weighted by Crippen LogP contribution is -2.39. The van der Waals surface area contributed by atoms with Gasteiger partial charge in [0.15, 0.2) is 0 Å². The Kier molecular flexibility index (Phi) is 6.96. The lowest BCUT2D eigenvalue weighted by atomic mass is 10.1. The molecule has 1 atom stereocenters. The molecule has 0 amide bonds. The van der Waals surface area contributed by atoms with Crippen LogP contribution in [0.2, 0.25) is 0 Å². The third-order valence-electron chi connectivity index (χ3n) is 5.80. The van der Waals surface area contributed by atoms with Crippen molar-refractivity contribution in [1.29, 1.82) is 0 Å². The first-order valence-electron chi connectivity index (χ1n) is 11.0. The Labute approximate surface area is 201 Å². The number of hydrogen-bond acceptors (Lipinski definition) is 7. The lowest BCUT2D eigenvalue weighted by Gasteiger charge is -2.32. The molecule has 194 valence electrons. The predicted molar refractivity (Wildman–Crippen MR) is 116 cm³/mol. The van der Waals surface area contributed by atoms with Gasteiger partial charge in [0.1, 0.15) is 23.3 Å². The molecule has 1 aromatic heterocycles. The van der Waals surface area contributed by atoms with Gasteiger partial charge in [0, 0.05) is 38.5 Å². The van der Waals surface area contributed by atoms with E-state index in [1.807, 2.05) is 0 Å². The summed E-state index contributed by atoms with van der Waals surface area (Å²) in [5.41, 5.74) is -1.75. The molecule has 0 unspecified atom stereocenters. The zero-order valence-electron chi connectivity index (χ0n) is 18.6. The molecular weight excluding hydrogens is 496 g/mol. The van der Waals surface area contributed by atoms with Gasteiger partial charge in [0.05, 0.1) is 18.2 Å². The van der Waals surface area contributed by atoms with Crippen LogP contribution in [0, 0.1) is 0 Å². The number of carbonyl (C=O) groups is 1. The fraction of sp³-hybridized carbons (Fsp3) is 0.455. The molecule has 3 heterocycles. The molecule has 0 spiro atoms. The molecule has 1 fully saturated rings. The highest BCUT2D eigenvalue weighted by atomic mass is 19.4. The summed E-state index contributed by atoms with van der Waals surface area (Å²) in [6.45, 7) is 0.757. The first kappa shape index (κ1) is 25.5. The summed E-state index contributed by atoms with van der Waals surface area (Å²) in [4.78, 5) is 20.3. The number of aliphatic carboxylic acids is 1. The molecule has 2 aromatic rings. The monoisotopic (exact) mass is 517 g/mol. The molecule has 2 aliphatic rings. The molecule has 0 radical (unpaired) electrons. The number of hydrogen-bond donors (Lipinski definition) is 1. The summed E-state index contributed by atoms with van der Waals surface area (Å²) in [5.74, 6) is -0.792.